The quantitative estimate of drug-likeness (QED) is 0.892. The molecule has 1 fully saturated rings. The largest absolute Gasteiger partial charge is 0.497 e. The predicted octanol–water partition coefficient (Wildman–Crippen LogP) is 1.98. The predicted molar refractivity (Wildman–Crippen MR) is 82.3 cm³/mol. The highest BCUT2D eigenvalue weighted by atomic mass is 16.5. The Morgan fingerprint density at radius 2 is 2.23 bits per heavy atom. The van der Waals surface area contributed by atoms with Gasteiger partial charge in [-0.05, 0) is 18.9 Å². The van der Waals surface area contributed by atoms with E-state index >= 15 is 0 Å². The minimum atomic E-state index is -0.408. The van der Waals surface area contributed by atoms with Crippen LogP contribution in [0.25, 0.3) is 0 Å². The van der Waals surface area contributed by atoms with Gasteiger partial charge in [0.15, 0.2) is 0 Å². The van der Waals surface area contributed by atoms with Crippen LogP contribution in [0, 0.1) is 0 Å². The van der Waals surface area contributed by atoms with Gasteiger partial charge in [0.25, 0.3) is 0 Å². The zero-order valence-corrected chi connectivity index (χ0v) is 12.9. The standard InChI is InChI=1S/C17H23NO4/c1-21-12-6-7-13-11(10-22-16(13)9-12)8-17(20)18-14-4-2-3-5-15(14)19/h6-7,9,11,14-15,19H,2-5,8,10H2,1H3,(H,18,20). The minimum absolute atomic E-state index is 0.0109. The molecule has 0 bridgehead atoms. The van der Waals surface area contributed by atoms with Crippen LogP contribution in [0.1, 0.15) is 43.6 Å². The minimum Gasteiger partial charge on any atom is -0.497 e. The fraction of sp³-hybridized carbons (Fsp3) is 0.588. The second kappa shape index (κ2) is 6.57. The maximum Gasteiger partial charge on any atom is 0.221 e. The lowest BCUT2D eigenvalue weighted by molar-refractivity contribution is -0.123. The molecule has 5 heteroatoms. The number of benzene rings is 1. The van der Waals surface area contributed by atoms with Gasteiger partial charge in [0.2, 0.25) is 5.91 Å². The van der Waals surface area contributed by atoms with Crippen molar-refractivity contribution in [3.8, 4) is 11.5 Å². The fourth-order valence-electron chi connectivity index (χ4n) is 3.32. The molecule has 22 heavy (non-hydrogen) atoms. The number of carbonyl (C=O) groups excluding carboxylic acids is 1. The molecule has 3 unspecified atom stereocenters. The molecule has 1 aliphatic carbocycles. The Morgan fingerprint density at radius 3 is 3.00 bits per heavy atom. The van der Waals surface area contributed by atoms with E-state index in [1.54, 1.807) is 7.11 Å². The number of ether oxygens (including phenoxy) is 2. The van der Waals surface area contributed by atoms with Gasteiger partial charge in [0.1, 0.15) is 11.5 Å². The molecule has 2 aliphatic rings. The SMILES string of the molecule is COc1ccc2c(c1)OCC2CC(=O)NC1CCCCC1O. The van der Waals surface area contributed by atoms with Crippen LogP contribution < -0.4 is 14.8 Å². The Labute approximate surface area is 130 Å². The third-order valence-electron chi connectivity index (χ3n) is 4.61. The highest BCUT2D eigenvalue weighted by Gasteiger charge is 2.29. The lowest BCUT2D eigenvalue weighted by Gasteiger charge is -2.28. The summed E-state index contributed by atoms with van der Waals surface area (Å²) in [5, 5.41) is 12.9. The third-order valence-corrected chi connectivity index (χ3v) is 4.61. The van der Waals surface area contributed by atoms with Crippen LogP contribution in [0.4, 0.5) is 0 Å². The van der Waals surface area contributed by atoms with E-state index in [1.807, 2.05) is 18.2 Å². The van der Waals surface area contributed by atoms with Crippen molar-refractivity contribution in [2.45, 2.75) is 50.2 Å². The number of methoxy groups -OCH3 is 1. The molecule has 1 aromatic carbocycles. The molecule has 2 N–H and O–H groups in total. The molecular weight excluding hydrogens is 282 g/mol. The maximum atomic E-state index is 12.2. The molecule has 0 aromatic heterocycles. The lowest BCUT2D eigenvalue weighted by atomic mass is 9.92. The first-order chi connectivity index (χ1) is 10.7. The molecule has 0 radical (unpaired) electrons. The van der Waals surface area contributed by atoms with Gasteiger partial charge in [-0.25, -0.2) is 0 Å². The van der Waals surface area contributed by atoms with Gasteiger partial charge in [0, 0.05) is 24.0 Å². The Hall–Kier alpha value is -1.75. The summed E-state index contributed by atoms with van der Waals surface area (Å²) in [7, 11) is 1.62. The van der Waals surface area contributed by atoms with E-state index in [-0.39, 0.29) is 17.9 Å². The molecule has 3 atom stereocenters. The topological polar surface area (TPSA) is 67.8 Å². The zero-order valence-electron chi connectivity index (χ0n) is 12.9. The van der Waals surface area contributed by atoms with Crippen LogP contribution >= 0.6 is 0 Å². The number of carbonyl (C=O) groups is 1. The van der Waals surface area contributed by atoms with E-state index in [0.717, 1.165) is 42.7 Å². The first-order valence-corrected chi connectivity index (χ1v) is 7.95. The van der Waals surface area contributed by atoms with Crippen molar-refractivity contribution in [3.05, 3.63) is 23.8 Å². The third kappa shape index (κ3) is 3.19. The van der Waals surface area contributed by atoms with Gasteiger partial charge in [-0.2, -0.15) is 0 Å². The first-order valence-electron chi connectivity index (χ1n) is 7.95. The average Bonchev–Trinajstić information content (AvgIpc) is 2.91. The van der Waals surface area contributed by atoms with Crippen LogP contribution in [-0.4, -0.2) is 36.9 Å². The maximum absolute atomic E-state index is 12.2. The Morgan fingerprint density at radius 1 is 1.41 bits per heavy atom. The molecule has 1 aliphatic heterocycles. The van der Waals surface area contributed by atoms with E-state index in [0.29, 0.717) is 13.0 Å². The number of nitrogens with one attached hydrogen (secondary N) is 1. The highest BCUT2D eigenvalue weighted by molar-refractivity contribution is 5.77. The summed E-state index contributed by atoms with van der Waals surface area (Å²) in [5.74, 6) is 1.62. The molecule has 0 spiro atoms. The molecule has 5 nitrogen and oxygen atoms in total. The summed E-state index contributed by atoms with van der Waals surface area (Å²) in [6.07, 6.45) is 3.73. The molecule has 1 heterocycles. The average molecular weight is 305 g/mol. The number of aliphatic hydroxyl groups is 1. The van der Waals surface area contributed by atoms with Crippen LogP contribution in [-0.2, 0) is 4.79 Å². The van der Waals surface area contributed by atoms with E-state index in [1.165, 1.54) is 0 Å². The van der Waals surface area contributed by atoms with Gasteiger partial charge in [-0.1, -0.05) is 18.9 Å². The summed E-state index contributed by atoms with van der Waals surface area (Å²) in [4.78, 5) is 12.2. The van der Waals surface area contributed by atoms with Gasteiger partial charge in [0.05, 0.1) is 25.9 Å². The molecule has 1 saturated carbocycles. The number of rotatable bonds is 4. The number of aliphatic hydroxyl groups excluding tert-OH is 1. The van der Waals surface area contributed by atoms with Crippen molar-refractivity contribution in [1.82, 2.24) is 5.32 Å². The normalized spacial score (nSPS) is 26.9. The molecular formula is C17H23NO4. The second-order valence-corrected chi connectivity index (χ2v) is 6.14. The number of amides is 1. The van der Waals surface area contributed by atoms with Crippen molar-refractivity contribution in [2.24, 2.45) is 0 Å². The molecule has 120 valence electrons. The Kier molecular flexibility index (Phi) is 4.52. The van der Waals surface area contributed by atoms with Crippen molar-refractivity contribution < 1.29 is 19.4 Å². The Balaban J connectivity index is 1.59. The van der Waals surface area contributed by atoms with Gasteiger partial charge >= 0.3 is 0 Å². The summed E-state index contributed by atoms with van der Waals surface area (Å²) >= 11 is 0. The number of hydrogen-bond acceptors (Lipinski definition) is 4. The summed E-state index contributed by atoms with van der Waals surface area (Å²) in [6.45, 7) is 0.517. The van der Waals surface area contributed by atoms with Crippen LogP contribution in [0.15, 0.2) is 18.2 Å². The van der Waals surface area contributed by atoms with Crippen molar-refractivity contribution in [3.63, 3.8) is 0 Å². The van der Waals surface area contributed by atoms with Gasteiger partial charge in [-0.15, -0.1) is 0 Å². The van der Waals surface area contributed by atoms with E-state index < -0.39 is 6.10 Å². The van der Waals surface area contributed by atoms with E-state index in [9.17, 15) is 9.90 Å². The van der Waals surface area contributed by atoms with Crippen molar-refractivity contribution >= 4 is 5.91 Å². The van der Waals surface area contributed by atoms with Crippen LogP contribution in [0.2, 0.25) is 0 Å². The van der Waals surface area contributed by atoms with Crippen molar-refractivity contribution in [2.75, 3.05) is 13.7 Å². The number of fused-ring (bicyclic) bond motifs is 1. The summed E-state index contributed by atoms with van der Waals surface area (Å²) in [6, 6.07) is 5.62. The molecule has 0 saturated heterocycles. The van der Waals surface area contributed by atoms with E-state index in [2.05, 4.69) is 5.32 Å². The smallest absolute Gasteiger partial charge is 0.221 e. The molecule has 1 aromatic rings. The zero-order chi connectivity index (χ0) is 15.5. The summed E-state index contributed by atoms with van der Waals surface area (Å²) in [5.41, 5.74) is 1.06. The number of hydrogen-bond donors (Lipinski definition) is 2. The van der Waals surface area contributed by atoms with Crippen molar-refractivity contribution in [1.29, 1.82) is 0 Å². The fourth-order valence-corrected chi connectivity index (χ4v) is 3.32. The molecule has 1 amide bonds. The monoisotopic (exact) mass is 305 g/mol. The Bertz CT molecular complexity index is 545. The second-order valence-electron chi connectivity index (χ2n) is 6.14. The van der Waals surface area contributed by atoms with Crippen LogP contribution in [0.3, 0.4) is 0 Å². The van der Waals surface area contributed by atoms with Gasteiger partial charge < -0.3 is 19.9 Å². The molecule has 3 rings (SSSR count). The van der Waals surface area contributed by atoms with Crippen LogP contribution in [0.5, 0.6) is 11.5 Å². The van der Waals surface area contributed by atoms with Gasteiger partial charge in [-0.3, -0.25) is 4.79 Å². The summed E-state index contributed by atoms with van der Waals surface area (Å²) < 4.78 is 10.8. The highest BCUT2D eigenvalue weighted by Crippen LogP contribution is 2.38. The van der Waals surface area contributed by atoms with E-state index in [4.69, 9.17) is 9.47 Å². The first kappa shape index (κ1) is 15.2. The lowest BCUT2D eigenvalue weighted by Crippen LogP contribution is -2.45.